The maximum Gasteiger partial charge on any atom is 0.335 e. The monoisotopic (exact) mass is 610 g/mol. The van der Waals surface area contributed by atoms with Gasteiger partial charge in [0.2, 0.25) is 0 Å². The lowest BCUT2D eigenvalue weighted by Gasteiger charge is -2.25. The highest BCUT2D eigenvalue weighted by Gasteiger charge is 2.31. The van der Waals surface area contributed by atoms with Gasteiger partial charge in [-0.2, -0.15) is 0 Å². The molecule has 5 rings (SSSR count). The van der Waals surface area contributed by atoms with Crippen LogP contribution in [-0.2, 0) is 32.3 Å². The number of carbonyl (C=O) groups excluding carboxylic acids is 1. The minimum absolute atomic E-state index is 0.0454. The predicted molar refractivity (Wildman–Crippen MR) is 156 cm³/mol. The van der Waals surface area contributed by atoms with E-state index in [4.69, 9.17) is 37.1 Å². The second kappa shape index (κ2) is 14.8. The van der Waals surface area contributed by atoms with Gasteiger partial charge in [-0.15, -0.1) is 0 Å². The van der Waals surface area contributed by atoms with Crippen molar-refractivity contribution in [2.75, 3.05) is 0 Å². The molecule has 1 aliphatic heterocycles. The number of carboxylic acid groups (broad SMARTS) is 2. The maximum atomic E-state index is 11.4. The van der Waals surface area contributed by atoms with Crippen LogP contribution < -0.4 is 10.0 Å². The summed E-state index contributed by atoms with van der Waals surface area (Å²) in [4.78, 5) is 27.9. The number of carboxylic acids is 2. The Labute approximate surface area is 252 Å². The third kappa shape index (κ3) is 8.28. The Morgan fingerprint density at radius 3 is 2.07 bits per heavy atom. The predicted octanol–water partition coefficient (Wildman–Crippen LogP) is 4.19. The topological polar surface area (TPSA) is 126 Å². The van der Waals surface area contributed by atoms with Crippen LogP contribution in [0, 0.1) is 0 Å². The molecule has 0 amide bonds. The molecule has 9 nitrogen and oxygen atoms in total. The largest absolute Gasteiger partial charge is 0.547 e. The number of rotatable bonds is 11. The van der Waals surface area contributed by atoms with Crippen molar-refractivity contribution < 1.29 is 38.6 Å². The number of aliphatic imine (C=N–C) groups is 1. The number of quaternary nitrogens is 1. The Kier molecular flexibility index (Phi) is 10.9. The standard InChI is InChI=1S/C18H18O6.C13H10Cl2N2O/c19-17(20)15(23-11-13-7-3-1-4-8-13)16(18(21)22)24-12-14-9-5-2-6-10-14;1-8(17-3-2-16-7-17)12-5-9-4-10(14)6-11(15)13(9)18-12/h1-10,15-16H,11-12H2,(H,19,20)(H,21,22);2-8H,1H3/t15-,16-;/m1./s1. The average molecular weight is 611 g/mol. The number of ether oxygens (including phenoxy) is 2. The van der Waals surface area contributed by atoms with E-state index < -0.39 is 24.1 Å². The summed E-state index contributed by atoms with van der Waals surface area (Å²) in [5.41, 5.74) is 2.13. The van der Waals surface area contributed by atoms with E-state index in [-0.39, 0.29) is 19.3 Å². The lowest BCUT2D eigenvalue weighted by atomic mass is 10.2. The van der Waals surface area contributed by atoms with Gasteiger partial charge in [0, 0.05) is 10.4 Å². The number of nitrogens with zero attached hydrogens (tertiary/aromatic N) is 1. The lowest BCUT2D eigenvalue weighted by Crippen LogP contribution is -3.05. The molecule has 218 valence electrons. The first kappa shape index (κ1) is 31.0. The number of fused-ring (bicyclic) bond motifs is 1. The zero-order chi connectivity index (χ0) is 30.1. The normalized spacial score (nSPS) is 16.0. The summed E-state index contributed by atoms with van der Waals surface area (Å²) in [5.74, 6) is -2.19. The highest BCUT2D eigenvalue weighted by atomic mass is 35.5. The number of carbonyl (C=O) groups is 2. The van der Waals surface area contributed by atoms with E-state index in [9.17, 15) is 19.8 Å². The van der Waals surface area contributed by atoms with E-state index in [1.165, 1.54) is 0 Å². The minimum Gasteiger partial charge on any atom is -0.547 e. The lowest BCUT2D eigenvalue weighted by molar-refractivity contribution is -0.774. The fourth-order valence-corrected chi connectivity index (χ4v) is 4.67. The minimum atomic E-state index is -1.72. The van der Waals surface area contributed by atoms with Crippen molar-refractivity contribution >= 4 is 52.4 Å². The molecule has 0 saturated heterocycles. The number of halogens is 2. The van der Waals surface area contributed by atoms with E-state index in [0.717, 1.165) is 27.2 Å². The van der Waals surface area contributed by atoms with Gasteiger partial charge in [0.1, 0.15) is 12.3 Å². The molecule has 0 aliphatic carbocycles. The smallest absolute Gasteiger partial charge is 0.335 e. The molecular weight excluding hydrogens is 583 g/mol. The van der Waals surface area contributed by atoms with Gasteiger partial charge in [0.15, 0.2) is 29.8 Å². The van der Waals surface area contributed by atoms with Crippen LogP contribution >= 0.6 is 23.2 Å². The molecular formula is C31H28Cl2N2O7. The second-order valence-corrected chi connectivity index (χ2v) is 10.2. The molecule has 11 heteroatoms. The van der Waals surface area contributed by atoms with Gasteiger partial charge >= 0.3 is 5.97 Å². The van der Waals surface area contributed by atoms with Crippen molar-refractivity contribution in [1.82, 2.24) is 0 Å². The van der Waals surface area contributed by atoms with E-state index >= 15 is 0 Å². The van der Waals surface area contributed by atoms with Crippen LogP contribution in [0.15, 0.2) is 101 Å². The van der Waals surface area contributed by atoms with Crippen LogP contribution in [-0.4, -0.2) is 35.6 Å². The first-order valence-electron chi connectivity index (χ1n) is 12.9. The molecule has 3 aromatic carbocycles. The number of furan rings is 1. The van der Waals surface area contributed by atoms with Gasteiger partial charge in [-0.3, -0.25) is 4.90 Å². The fraction of sp³-hybridized carbons (Fsp3) is 0.194. The molecule has 4 aromatic rings. The number of hydrogen-bond donors (Lipinski definition) is 2. The van der Waals surface area contributed by atoms with Gasteiger partial charge in [-0.1, -0.05) is 83.9 Å². The third-order valence-corrected chi connectivity index (χ3v) is 6.85. The van der Waals surface area contributed by atoms with E-state index in [0.29, 0.717) is 15.6 Å². The average Bonchev–Trinajstić information content (AvgIpc) is 3.66. The molecule has 0 fully saturated rings. The van der Waals surface area contributed by atoms with Crippen LogP contribution in [0.5, 0.6) is 0 Å². The van der Waals surface area contributed by atoms with Gasteiger partial charge in [-0.25, -0.2) is 9.79 Å². The number of aliphatic carboxylic acids is 2. The molecule has 0 radical (unpaired) electrons. The summed E-state index contributed by atoms with van der Waals surface area (Å²) < 4.78 is 16.3. The van der Waals surface area contributed by atoms with Crippen molar-refractivity contribution in [1.29, 1.82) is 0 Å². The van der Waals surface area contributed by atoms with Crippen LogP contribution in [0.2, 0.25) is 10.0 Å². The first-order valence-corrected chi connectivity index (χ1v) is 13.7. The first-order chi connectivity index (χ1) is 20.2. The molecule has 42 heavy (non-hydrogen) atoms. The van der Waals surface area contributed by atoms with Gasteiger partial charge in [-0.05, 0) is 36.2 Å². The third-order valence-electron chi connectivity index (χ3n) is 6.35. The second-order valence-electron chi connectivity index (χ2n) is 9.36. The molecule has 2 heterocycles. The van der Waals surface area contributed by atoms with Gasteiger partial charge < -0.3 is 28.9 Å². The van der Waals surface area contributed by atoms with Crippen molar-refractivity contribution in [3.05, 3.63) is 118 Å². The van der Waals surface area contributed by atoms with Crippen LogP contribution in [0.1, 0.15) is 29.9 Å². The van der Waals surface area contributed by atoms with E-state index in [1.807, 2.05) is 36.8 Å². The zero-order valence-electron chi connectivity index (χ0n) is 22.5. The van der Waals surface area contributed by atoms with Gasteiger partial charge in [0.05, 0.1) is 30.4 Å². The molecule has 1 aliphatic rings. The summed E-state index contributed by atoms with van der Waals surface area (Å²) in [5, 5.41) is 22.6. The number of nitrogens with one attached hydrogen (secondary N) is 1. The fourth-order valence-electron chi connectivity index (χ4n) is 4.12. The molecule has 2 N–H and O–H groups in total. The summed E-state index contributed by atoms with van der Waals surface area (Å²) in [7, 11) is 0. The van der Waals surface area contributed by atoms with E-state index in [2.05, 4.69) is 11.9 Å². The summed E-state index contributed by atoms with van der Waals surface area (Å²) in [6.45, 7) is 1.97. The molecule has 0 bridgehead atoms. The number of benzene rings is 3. The summed E-state index contributed by atoms with van der Waals surface area (Å²) in [6, 6.07) is 23.4. The highest BCUT2D eigenvalue weighted by molar-refractivity contribution is 6.38. The molecule has 0 spiro atoms. The van der Waals surface area contributed by atoms with Gasteiger partial charge in [0.25, 0.3) is 0 Å². The molecule has 4 atom stereocenters. The Morgan fingerprint density at radius 1 is 0.952 bits per heavy atom. The summed E-state index contributed by atoms with van der Waals surface area (Å²) in [6.07, 6.45) is 2.21. The van der Waals surface area contributed by atoms with E-state index in [1.54, 1.807) is 60.8 Å². The zero-order valence-corrected chi connectivity index (χ0v) is 24.0. The molecule has 1 aromatic heterocycles. The van der Waals surface area contributed by atoms with Crippen LogP contribution in [0.3, 0.4) is 0 Å². The van der Waals surface area contributed by atoms with Crippen LogP contribution in [0.25, 0.3) is 11.0 Å². The Hall–Kier alpha value is -3.99. The maximum absolute atomic E-state index is 11.4. The SMILES string of the molecule is CC(c1cc2cc(Cl)cc(Cl)c2o1)[NH+]1C=CN=C1.O=C([O-])[C@H](OCc1ccccc1)[C@@H](OCc1ccccc1)C(=O)O. The van der Waals surface area contributed by atoms with Crippen molar-refractivity contribution in [2.24, 2.45) is 4.99 Å². The van der Waals surface area contributed by atoms with Crippen molar-refractivity contribution in [2.45, 2.75) is 38.4 Å². The van der Waals surface area contributed by atoms with Crippen molar-refractivity contribution in [3.63, 3.8) is 0 Å². The number of hydrogen-bond acceptors (Lipinski definition) is 7. The van der Waals surface area contributed by atoms with Crippen LogP contribution in [0.4, 0.5) is 0 Å². The Morgan fingerprint density at radius 2 is 1.55 bits per heavy atom. The quantitative estimate of drug-likeness (QED) is 0.261. The molecule has 0 saturated carbocycles. The van der Waals surface area contributed by atoms with Crippen molar-refractivity contribution in [3.8, 4) is 0 Å². The highest BCUT2D eigenvalue weighted by Crippen LogP contribution is 2.32. The molecule has 2 unspecified atom stereocenters. The Bertz CT molecular complexity index is 1490. The summed E-state index contributed by atoms with van der Waals surface area (Å²) >= 11 is 12.1. The Balaban J connectivity index is 0.000000200.